The minimum absolute atomic E-state index is 0.792. The largest absolute Gasteiger partial charge is 0.316 e. The van der Waals surface area contributed by atoms with Crippen molar-refractivity contribution in [2.75, 3.05) is 12.9 Å². The molecular weight excluding hydrogens is 200 g/mol. The predicted octanol–water partition coefficient (Wildman–Crippen LogP) is 3.17. The minimum atomic E-state index is 0.792. The summed E-state index contributed by atoms with van der Waals surface area (Å²) in [4.78, 5) is 1.14. The van der Waals surface area contributed by atoms with Gasteiger partial charge in [-0.05, 0) is 29.9 Å². The molecule has 0 aliphatic carbocycles. The molecule has 0 unspecified atom stereocenters. The Labute approximate surface area is 87.7 Å². The third-order valence-electron chi connectivity index (χ3n) is 1.38. The predicted molar refractivity (Wildman–Crippen MR) is 59.9 cm³/mol. The van der Waals surface area contributed by atoms with Crippen molar-refractivity contribution in [2.45, 2.75) is 12.8 Å². The fourth-order valence-corrected chi connectivity index (χ4v) is 1.68. The molecule has 0 N–H and O–H groups in total. The molecule has 70 valence electrons. The van der Waals surface area contributed by atoms with E-state index in [-0.39, 0.29) is 0 Å². The maximum Gasteiger partial charge on any atom is 0.0768 e. The van der Waals surface area contributed by atoms with E-state index in [0.717, 1.165) is 24.3 Å². The van der Waals surface area contributed by atoms with Gasteiger partial charge in [0.2, 0.25) is 0 Å². The first-order valence-electron chi connectivity index (χ1n) is 4.11. The third-order valence-corrected chi connectivity index (χ3v) is 2.57. The molecule has 1 aromatic rings. The van der Waals surface area contributed by atoms with Gasteiger partial charge in [-0.25, -0.2) is 0 Å². The van der Waals surface area contributed by atoms with Gasteiger partial charge < -0.3 is 4.18 Å². The maximum atomic E-state index is 5.12. The third kappa shape index (κ3) is 4.99. The van der Waals surface area contributed by atoms with E-state index < -0.39 is 0 Å². The van der Waals surface area contributed by atoms with Crippen LogP contribution >= 0.6 is 23.4 Å². The summed E-state index contributed by atoms with van der Waals surface area (Å²) in [5.41, 5.74) is 0. The van der Waals surface area contributed by atoms with Crippen molar-refractivity contribution in [1.29, 1.82) is 0 Å². The average molecular weight is 212 g/mol. The second-order valence-corrected chi connectivity index (χ2v) is 3.89. The van der Waals surface area contributed by atoms with Crippen molar-refractivity contribution < 1.29 is 4.18 Å². The molecule has 13 heavy (non-hydrogen) atoms. The van der Waals surface area contributed by atoms with Crippen LogP contribution in [0, 0.1) is 11.8 Å². The van der Waals surface area contributed by atoms with Crippen LogP contribution in [0.1, 0.15) is 17.7 Å². The van der Waals surface area contributed by atoms with E-state index in [9.17, 15) is 0 Å². The van der Waals surface area contributed by atoms with Gasteiger partial charge in [-0.15, -0.1) is 11.3 Å². The molecular formula is C10H12OS2. The molecule has 1 heterocycles. The van der Waals surface area contributed by atoms with E-state index in [1.807, 2.05) is 23.8 Å². The number of unbranched alkanes of at least 4 members (excludes halogenated alkanes) is 1. The van der Waals surface area contributed by atoms with E-state index in [0.29, 0.717) is 0 Å². The number of thiophene rings is 1. The van der Waals surface area contributed by atoms with Crippen LogP contribution in [0.3, 0.4) is 0 Å². The second kappa shape index (κ2) is 7.02. The Kier molecular flexibility index (Phi) is 5.75. The van der Waals surface area contributed by atoms with Crippen LogP contribution in [0.2, 0.25) is 0 Å². The number of hydrogen-bond donors (Lipinski definition) is 0. The van der Waals surface area contributed by atoms with E-state index in [1.165, 1.54) is 12.0 Å². The Morgan fingerprint density at radius 1 is 1.62 bits per heavy atom. The van der Waals surface area contributed by atoms with Crippen molar-refractivity contribution >= 4 is 23.4 Å². The molecule has 0 aromatic carbocycles. The highest BCUT2D eigenvalue weighted by molar-refractivity contribution is 7.93. The molecule has 0 aliphatic heterocycles. The van der Waals surface area contributed by atoms with Crippen LogP contribution in [-0.2, 0) is 4.18 Å². The Bertz CT molecular complexity index is 269. The first kappa shape index (κ1) is 10.6. The first-order valence-corrected chi connectivity index (χ1v) is 6.14. The maximum absolute atomic E-state index is 5.12. The standard InChI is InChI=1S/C10H12OS2/c1-12-11-8-4-2-3-6-10-7-5-9-13-10/h5,7,9H,2,4,8H2,1H3. The highest BCUT2D eigenvalue weighted by Gasteiger charge is 1.85. The van der Waals surface area contributed by atoms with Gasteiger partial charge in [-0.1, -0.05) is 17.9 Å². The molecule has 0 bridgehead atoms. The van der Waals surface area contributed by atoms with Gasteiger partial charge in [0.15, 0.2) is 0 Å². The SMILES string of the molecule is CSOCCCC#Cc1cccs1. The fourth-order valence-electron chi connectivity index (χ4n) is 0.802. The van der Waals surface area contributed by atoms with Crippen LogP contribution in [0.25, 0.3) is 0 Å². The molecule has 0 fully saturated rings. The summed E-state index contributed by atoms with van der Waals surface area (Å²) < 4.78 is 5.12. The number of rotatable bonds is 4. The molecule has 3 heteroatoms. The van der Waals surface area contributed by atoms with E-state index in [2.05, 4.69) is 11.8 Å². The Morgan fingerprint density at radius 2 is 2.54 bits per heavy atom. The molecule has 0 radical (unpaired) electrons. The lowest BCUT2D eigenvalue weighted by molar-refractivity contribution is 0.369. The van der Waals surface area contributed by atoms with Gasteiger partial charge in [-0.2, -0.15) is 0 Å². The Balaban J connectivity index is 2.11. The molecule has 0 atom stereocenters. The lowest BCUT2D eigenvalue weighted by Gasteiger charge is -1.93. The lowest BCUT2D eigenvalue weighted by atomic mass is 10.3. The molecule has 1 aromatic heterocycles. The van der Waals surface area contributed by atoms with Gasteiger partial charge in [-0.3, -0.25) is 0 Å². The second-order valence-electron chi connectivity index (χ2n) is 2.37. The smallest absolute Gasteiger partial charge is 0.0768 e. The summed E-state index contributed by atoms with van der Waals surface area (Å²) in [5.74, 6) is 6.23. The van der Waals surface area contributed by atoms with Crippen LogP contribution in [-0.4, -0.2) is 12.9 Å². The molecule has 1 nitrogen and oxygen atoms in total. The van der Waals surface area contributed by atoms with Gasteiger partial charge >= 0.3 is 0 Å². The van der Waals surface area contributed by atoms with Crippen molar-refractivity contribution in [3.63, 3.8) is 0 Å². The Morgan fingerprint density at radius 3 is 3.23 bits per heavy atom. The summed E-state index contributed by atoms with van der Waals surface area (Å²) >= 11 is 3.09. The lowest BCUT2D eigenvalue weighted by Crippen LogP contribution is -1.83. The van der Waals surface area contributed by atoms with Crippen molar-refractivity contribution in [3.05, 3.63) is 22.4 Å². The summed E-state index contributed by atoms with van der Waals surface area (Å²) in [6, 6.07) is 4.06. The zero-order chi connectivity index (χ0) is 9.36. The van der Waals surface area contributed by atoms with Crippen molar-refractivity contribution in [1.82, 2.24) is 0 Å². The van der Waals surface area contributed by atoms with Crippen LogP contribution < -0.4 is 0 Å². The zero-order valence-corrected chi connectivity index (χ0v) is 9.21. The summed E-state index contributed by atoms with van der Waals surface area (Å²) in [5, 5.41) is 2.04. The first-order chi connectivity index (χ1) is 6.43. The zero-order valence-electron chi connectivity index (χ0n) is 7.58. The monoisotopic (exact) mass is 212 g/mol. The van der Waals surface area contributed by atoms with Crippen LogP contribution in [0.4, 0.5) is 0 Å². The van der Waals surface area contributed by atoms with Crippen LogP contribution in [0.15, 0.2) is 17.5 Å². The van der Waals surface area contributed by atoms with Gasteiger partial charge in [0, 0.05) is 12.7 Å². The highest BCUT2D eigenvalue weighted by Crippen LogP contribution is 2.05. The summed E-state index contributed by atoms with van der Waals surface area (Å²) in [7, 11) is 0. The average Bonchev–Trinajstić information content (AvgIpc) is 2.63. The van der Waals surface area contributed by atoms with Gasteiger partial charge in [0.05, 0.1) is 11.5 Å². The van der Waals surface area contributed by atoms with Crippen LogP contribution in [0.5, 0.6) is 0 Å². The van der Waals surface area contributed by atoms with E-state index in [1.54, 1.807) is 11.3 Å². The molecule has 0 spiro atoms. The van der Waals surface area contributed by atoms with Crippen molar-refractivity contribution in [2.24, 2.45) is 0 Å². The van der Waals surface area contributed by atoms with Crippen molar-refractivity contribution in [3.8, 4) is 11.8 Å². The van der Waals surface area contributed by atoms with E-state index in [4.69, 9.17) is 4.18 Å². The summed E-state index contributed by atoms with van der Waals surface area (Å²) in [6.45, 7) is 0.792. The topological polar surface area (TPSA) is 9.23 Å². The molecule has 0 aliphatic rings. The highest BCUT2D eigenvalue weighted by atomic mass is 32.2. The normalized spacial score (nSPS) is 9.31. The van der Waals surface area contributed by atoms with E-state index >= 15 is 0 Å². The molecule has 0 saturated carbocycles. The Hall–Kier alpha value is -0.430. The number of hydrogen-bond acceptors (Lipinski definition) is 3. The molecule has 0 amide bonds. The summed E-state index contributed by atoms with van der Waals surface area (Å²) in [6.07, 6.45) is 3.86. The molecule has 0 saturated heterocycles. The minimum Gasteiger partial charge on any atom is -0.316 e. The quantitative estimate of drug-likeness (QED) is 0.431. The molecule has 1 rings (SSSR count). The van der Waals surface area contributed by atoms with Gasteiger partial charge in [0.1, 0.15) is 0 Å². The van der Waals surface area contributed by atoms with Gasteiger partial charge in [0.25, 0.3) is 0 Å². The fraction of sp³-hybridized carbons (Fsp3) is 0.400.